The summed E-state index contributed by atoms with van der Waals surface area (Å²) in [7, 11) is -0.795. The lowest BCUT2D eigenvalue weighted by atomic mass is 10.1. The van der Waals surface area contributed by atoms with Crippen LogP contribution in [0.4, 0.5) is 0 Å². The summed E-state index contributed by atoms with van der Waals surface area (Å²) < 4.78 is 22.2. The summed E-state index contributed by atoms with van der Waals surface area (Å²) in [5.74, 6) is 1.41. The van der Waals surface area contributed by atoms with Crippen LogP contribution in [0.1, 0.15) is 25.0 Å². The van der Waals surface area contributed by atoms with Gasteiger partial charge in [0, 0.05) is 28.9 Å². The second-order valence-electron chi connectivity index (χ2n) is 5.22. The van der Waals surface area contributed by atoms with Gasteiger partial charge in [-0.15, -0.1) is 0 Å². The van der Waals surface area contributed by atoms with E-state index in [2.05, 4.69) is 5.32 Å². The minimum Gasteiger partial charge on any atom is -0.486 e. The van der Waals surface area contributed by atoms with Crippen LogP contribution >= 0.6 is 0 Å². The number of ether oxygens (including phenoxy) is 2. The van der Waals surface area contributed by atoms with Crippen LogP contribution in [-0.2, 0) is 10.8 Å². The molecule has 118 valence electrons. The molecule has 0 bridgehead atoms. The lowest BCUT2D eigenvalue weighted by Crippen LogP contribution is -2.26. The molecule has 1 aliphatic rings. The molecular weight excluding hydrogens is 290 g/mol. The maximum atomic E-state index is 11.2. The van der Waals surface area contributed by atoms with Gasteiger partial charge in [-0.2, -0.15) is 0 Å². The van der Waals surface area contributed by atoms with Gasteiger partial charge < -0.3 is 19.9 Å². The summed E-state index contributed by atoms with van der Waals surface area (Å²) in [6, 6.07) is 5.50. The summed E-state index contributed by atoms with van der Waals surface area (Å²) in [6.07, 6.45) is 1.95. The van der Waals surface area contributed by atoms with Crippen LogP contribution in [0, 0.1) is 0 Å². The zero-order chi connectivity index (χ0) is 15.2. The van der Waals surface area contributed by atoms with Gasteiger partial charge in [-0.3, -0.25) is 4.21 Å². The number of aliphatic hydroxyl groups is 1. The summed E-state index contributed by atoms with van der Waals surface area (Å²) in [5.41, 5.74) is 0.805. The Morgan fingerprint density at radius 3 is 2.76 bits per heavy atom. The molecular formula is C15H23NO4S. The number of nitrogens with one attached hydrogen (secondary N) is 1. The average Bonchev–Trinajstić information content (AvgIpc) is 2.50. The van der Waals surface area contributed by atoms with E-state index in [1.165, 1.54) is 0 Å². The van der Waals surface area contributed by atoms with E-state index in [9.17, 15) is 9.32 Å². The lowest BCUT2D eigenvalue weighted by Gasteiger charge is -2.20. The van der Waals surface area contributed by atoms with Gasteiger partial charge in [0.1, 0.15) is 13.2 Å². The molecule has 1 aromatic carbocycles. The van der Waals surface area contributed by atoms with Crippen LogP contribution in [0.2, 0.25) is 0 Å². The Morgan fingerprint density at radius 2 is 2.05 bits per heavy atom. The molecule has 3 unspecified atom stereocenters. The van der Waals surface area contributed by atoms with Crippen LogP contribution < -0.4 is 14.8 Å². The third-order valence-corrected chi connectivity index (χ3v) is 4.95. The molecule has 2 N–H and O–H groups in total. The molecule has 0 aliphatic carbocycles. The first-order chi connectivity index (χ1) is 10.1. The Hall–Kier alpha value is -1.11. The van der Waals surface area contributed by atoms with E-state index < -0.39 is 16.9 Å². The van der Waals surface area contributed by atoms with Crippen molar-refractivity contribution in [3.63, 3.8) is 0 Å². The van der Waals surface area contributed by atoms with Crippen LogP contribution in [0.15, 0.2) is 18.2 Å². The Kier molecular flexibility index (Phi) is 6.02. The van der Waals surface area contributed by atoms with E-state index >= 15 is 0 Å². The predicted octanol–water partition coefficient (Wildman–Crippen LogP) is 1.24. The zero-order valence-electron chi connectivity index (χ0n) is 12.5. The minimum atomic E-state index is -0.795. The molecule has 1 aliphatic heterocycles. The van der Waals surface area contributed by atoms with Crippen molar-refractivity contribution >= 4 is 10.8 Å². The topological polar surface area (TPSA) is 67.8 Å². The van der Waals surface area contributed by atoms with Gasteiger partial charge in [-0.1, -0.05) is 13.0 Å². The minimum absolute atomic E-state index is 0.170. The molecule has 1 heterocycles. The largest absolute Gasteiger partial charge is 0.486 e. The van der Waals surface area contributed by atoms with Crippen molar-refractivity contribution < 1.29 is 18.8 Å². The first-order valence-electron chi connectivity index (χ1n) is 7.18. The Bertz CT molecular complexity index is 495. The second-order valence-corrected chi connectivity index (χ2v) is 7.02. The molecule has 0 radical (unpaired) electrons. The molecule has 21 heavy (non-hydrogen) atoms. The third kappa shape index (κ3) is 4.69. The van der Waals surface area contributed by atoms with E-state index in [1.807, 2.05) is 25.1 Å². The fraction of sp³-hybridized carbons (Fsp3) is 0.600. The smallest absolute Gasteiger partial charge is 0.161 e. The van der Waals surface area contributed by atoms with E-state index in [-0.39, 0.29) is 5.25 Å². The van der Waals surface area contributed by atoms with E-state index in [4.69, 9.17) is 9.47 Å². The van der Waals surface area contributed by atoms with Gasteiger partial charge in [-0.25, -0.2) is 0 Å². The number of hydrogen-bond acceptors (Lipinski definition) is 5. The molecule has 0 aromatic heterocycles. The summed E-state index contributed by atoms with van der Waals surface area (Å²) in [6.45, 7) is 4.27. The SMILES string of the molecule is CC(CCNCC(O)c1ccc2c(c1)OCCO2)S(C)=O. The maximum Gasteiger partial charge on any atom is 0.161 e. The van der Waals surface area contributed by atoms with Crippen LogP contribution in [0.25, 0.3) is 0 Å². The van der Waals surface area contributed by atoms with Crippen molar-refractivity contribution in [2.75, 3.05) is 32.6 Å². The van der Waals surface area contributed by atoms with Crippen molar-refractivity contribution in [2.24, 2.45) is 0 Å². The van der Waals surface area contributed by atoms with Crippen molar-refractivity contribution in [3.05, 3.63) is 23.8 Å². The summed E-state index contributed by atoms with van der Waals surface area (Å²) >= 11 is 0. The predicted molar refractivity (Wildman–Crippen MR) is 83.4 cm³/mol. The molecule has 3 atom stereocenters. The maximum absolute atomic E-state index is 11.2. The highest BCUT2D eigenvalue weighted by Gasteiger charge is 2.15. The lowest BCUT2D eigenvalue weighted by molar-refractivity contribution is 0.163. The molecule has 0 spiro atoms. The number of rotatable bonds is 7. The van der Waals surface area contributed by atoms with Crippen molar-refractivity contribution in [2.45, 2.75) is 24.7 Å². The van der Waals surface area contributed by atoms with Crippen LogP contribution in [0.5, 0.6) is 11.5 Å². The Morgan fingerprint density at radius 1 is 1.33 bits per heavy atom. The number of fused-ring (bicyclic) bond motifs is 1. The first-order valence-corrected chi connectivity index (χ1v) is 8.80. The van der Waals surface area contributed by atoms with Crippen molar-refractivity contribution in [1.29, 1.82) is 0 Å². The van der Waals surface area contributed by atoms with Gasteiger partial charge in [-0.05, 0) is 30.7 Å². The monoisotopic (exact) mass is 313 g/mol. The normalized spacial score (nSPS) is 18.0. The fourth-order valence-electron chi connectivity index (χ4n) is 2.10. The van der Waals surface area contributed by atoms with E-state index in [0.717, 1.165) is 24.3 Å². The summed E-state index contributed by atoms with van der Waals surface area (Å²) in [5, 5.41) is 13.5. The van der Waals surface area contributed by atoms with Crippen molar-refractivity contribution in [3.8, 4) is 11.5 Å². The Balaban J connectivity index is 1.80. The molecule has 1 aromatic rings. The Labute approximate surface area is 128 Å². The highest BCUT2D eigenvalue weighted by atomic mass is 32.2. The highest BCUT2D eigenvalue weighted by molar-refractivity contribution is 7.84. The molecule has 0 fully saturated rings. The molecule has 0 amide bonds. The zero-order valence-corrected chi connectivity index (χ0v) is 13.3. The third-order valence-electron chi connectivity index (χ3n) is 3.58. The second kappa shape index (κ2) is 7.77. The first kappa shape index (κ1) is 16.3. The van der Waals surface area contributed by atoms with Crippen LogP contribution in [-0.4, -0.2) is 47.1 Å². The van der Waals surface area contributed by atoms with Gasteiger partial charge in [0.05, 0.1) is 6.10 Å². The van der Waals surface area contributed by atoms with E-state index in [0.29, 0.717) is 25.5 Å². The number of aliphatic hydroxyl groups excluding tert-OH is 1. The van der Waals surface area contributed by atoms with E-state index in [1.54, 1.807) is 6.26 Å². The molecule has 0 saturated carbocycles. The van der Waals surface area contributed by atoms with Crippen molar-refractivity contribution in [1.82, 2.24) is 5.32 Å². The number of hydrogen-bond donors (Lipinski definition) is 2. The summed E-state index contributed by atoms with van der Waals surface area (Å²) in [4.78, 5) is 0. The van der Waals surface area contributed by atoms with Gasteiger partial charge in [0.2, 0.25) is 0 Å². The number of benzene rings is 1. The van der Waals surface area contributed by atoms with Crippen LogP contribution in [0.3, 0.4) is 0 Å². The quantitative estimate of drug-likeness (QED) is 0.741. The molecule has 0 saturated heterocycles. The van der Waals surface area contributed by atoms with Gasteiger partial charge >= 0.3 is 0 Å². The highest BCUT2D eigenvalue weighted by Crippen LogP contribution is 2.32. The average molecular weight is 313 g/mol. The molecule has 6 heteroatoms. The molecule has 5 nitrogen and oxygen atoms in total. The van der Waals surface area contributed by atoms with Gasteiger partial charge in [0.25, 0.3) is 0 Å². The van der Waals surface area contributed by atoms with Gasteiger partial charge in [0.15, 0.2) is 11.5 Å². The standard InChI is InChI=1S/C15H23NO4S/c1-11(21(2)18)5-6-16-10-13(17)12-3-4-14-15(9-12)20-8-7-19-14/h3-4,9,11,13,16-17H,5-8,10H2,1-2H3. The fourth-order valence-corrected chi connectivity index (χ4v) is 2.54. The molecule has 2 rings (SSSR count).